The minimum atomic E-state index is -1.16. The molecule has 0 bridgehead atoms. The maximum absolute atomic E-state index is 11.4. The molecule has 0 aromatic carbocycles. The molecular weight excluding hydrogens is 238 g/mol. The summed E-state index contributed by atoms with van der Waals surface area (Å²) in [5.41, 5.74) is 0.231. The van der Waals surface area contributed by atoms with Crippen molar-refractivity contribution in [3.63, 3.8) is 0 Å². The summed E-state index contributed by atoms with van der Waals surface area (Å²) < 4.78 is 1.83. The summed E-state index contributed by atoms with van der Waals surface area (Å²) in [6.45, 7) is 4.68. The van der Waals surface area contributed by atoms with Gasteiger partial charge in [0.2, 0.25) is 0 Å². The molecule has 0 radical (unpaired) electrons. The second-order valence-electron chi connectivity index (χ2n) is 3.74. The highest BCUT2D eigenvalue weighted by Gasteiger charge is 2.10. The highest BCUT2D eigenvalue weighted by Crippen LogP contribution is 2.05. The van der Waals surface area contributed by atoms with Crippen molar-refractivity contribution in [1.29, 1.82) is 0 Å². The Morgan fingerprint density at radius 1 is 1.53 bits per heavy atom. The molecule has 1 aromatic heterocycles. The second kappa shape index (κ2) is 6.49. The molecule has 0 saturated heterocycles. The first-order chi connectivity index (χ1) is 8.06. The van der Waals surface area contributed by atoms with Crippen LogP contribution in [0.3, 0.4) is 0 Å². The van der Waals surface area contributed by atoms with E-state index in [1.165, 1.54) is 12.3 Å². The third-order valence-electron chi connectivity index (χ3n) is 2.47. The van der Waals surface area contributed by atoms with E-state index in [4.69, 9.17) is 5.11 Å². The number of hydrogen-bond donors (Lipinski definition) is 1. The predicted molar refractivity (Wildman–Crippen MR) is 70.0 cm³/mol. The molecule has 17 heavy (non-hydrogen) atoms. The van der Waals surface area contributed by atoms with Crippen molar-refractivity contribution in [2.24, 2.45) is 0 Å². The summed E-state index contributed by atoms with van der Waals surface area (Å²) >= 11 is 1.86. The minimum Gasteiger partial charge on any atom is -0.477 e. The van der Waals surface area contributed by atoms with Crippen LogP contribution in [0.5, 0.6) is 0 Å². The molecule has 1 N–H and O–H groups in total. The Bertz CT molecular complexity index is 454. The molecule has 1 rings (SSSR count). The first kappa shape index (κ1) is 13.8. The average molecular weight is 255 g/mol. The molecule has 0 saturated carbocycles. The van der Waals surface area contributed by atoms with Gasteiger partial charge in [0.1, 0.15) is 5.56 Å². The van der Waals surface area contributed by atoms with Crippen LogP contribution in [0.25, 0.3) is 0 Å². The number of nitrogens with zero attached hydrogens (tertiary/aromatic N) is 1. The highest BCUT2D eigenvalue weighted by molar-refractivity contribution is 7.99. The molecule has 1 aromatic rings. The second-order valence-corrected chi connectivity index (χ2v) is 5.14. The van der Waals surface area contributed by atoms with Crippen molar-refractivity contribution in [3.05, 3.63) is 33.7 Å². The SMILES string of the molecule is CCSCCCn1cc(C(=O)O)c(=O)cc1C. The molecule has 94 valence electrons. The number of rotatable bonds is 6. The van der Waals surface area contributed by atoms with Crippen LogP contribution in [0.1, 0.15) is 29.4 Å². The van der Waals surface area contributed by atoms with E-state index in [1.807, 2.05) is 23.3 Å². The van der Waals surface area contributed by atoms with E-state index in [0.29, 0.717) is 0 Å². The van der Waals surface area contributed by atoms with E-state index in [1.54, 1.807) is 0 Å². The zero-order valence-corrected chi connectivity index (χ0v) is 10.9. The first-order valence-corrected chi connectivity index (χ1v) is 6.74. The summed E-state index contributed by atoms with van der Waals surface area (Å²) in [5.74, 6) is 0.972. The highest BCUT2D eigenvalue weighted by atomic mass is 32.2. The Morgan fingerprint density at radius 2 is 2.24 bits per heavy atom. The quantitative estimate of drug-likeness (QED) is 0.790. The van der Waals surface area contributed by atoms with Gasteiger partial charge in [-0.2, -0.15) is 11.8 Å². The molecule has 0 aliphatic rings. The van der Waals surface area contributed by atoms with E-state index < -0.39 is 11.4 Å². The van der Waals surface area contributed by atoms with Gasteiger partial charge < -0.3 is 9.67 Å². The average Bonchev–Trinajstić information content (AvgIpc) is 2.26. The standard InChI is InChI=1S/C12H17NO3S/c1-3-17-6-4-5-13-8-10(12(15)16)11(14)7-9(13)2/h7-8H,3-6H2,1-2H3,(H,15,16). The van der Waals surface area contributed by atoms with Crippen LogP contribution in [0.15, 0.2) is 17.1 Å². The van der Waals surface area contributed by atoms with Crippen molar-refractivity contribution in [2.45, 2.75) is 26.8 Å². The van der Waals surface area contributed by atoms with Crippen LogP contribution < -0.4 is 5.43 Å². The molecule has 4 nitrogen and oxygen atoms in total. The van der Waals surface area contributed by atoms with Crippen LogP contribution in [0.4, 0.5) is 0 Å². The third-order valence-corrected chi connectivity index (χ3v) is 3.45. The number of pyridine rings is 1. The maximum Gasteiger partial charge on any atom is 0.341 e. The predicted octanol–water partition coefficient (Wildman–Crippen LogP) is 2.00. The van der Waals surface area contributed by atoms with Crippen LogP contribution in [-0.2, 0) is 6.54 Å². The lowest BCUT2D eigenvalue weighted by Gasteiger charge is -2.10. The fourth-order valence-electron chi connectivity index (χ4n) is 1.55. The van der Waals surface area contributed by atoms with Crippen LogP contribution in [0, 0.1) is 6.92 Å². The molecule has 5 heteroatoms. The van der Waals surface area contributed by atoms with Gasteiger partial charge in [0.15, 0.2) is 5.43 Å². The van der Waals surface area contributed by atoms with Gasteiger partial charge in [-0.25, -0.2) is 4.79 Å². The smallest absolute Gasteiger partial charge is 0.341 e. The van der Waals surface area contributed by atoms with Crippen molar-refractivity contribution in [1.82, 2.24) is 4.57 Å². The number of carbonyl (C=O) groups is 1. The topological polar surface area (TPSA) is 59.3 Å². The Balaban J connectivity index is 2.81. The molecule has 0 aliphatic heterocycles. The lowest BCUT2D eigenvalue weighted by molar-refractivity contribution is 0.0694. The largest absolute Gasteiger partial charge is 0.477 e. The zero-order chi connectivity index (χ0) is 12.8. The molecule has 0 aliphatic carbocycles. The van der Waals surface area contributed by atoms with Crippen molar-refractivity contribution >= 4 is 17.7 Å². The van der Waals surface area contributed by atoms with Gasteiger partial charge in [-0.1, -0.05) is 6.92 Å². The fourth-order valence-corrected chi connectivity index (χ4v) is 2.18. The number of aryl methyl sites for hydroxylation is 2. The van der Waals surface area contributed by atoms with Gasteiger partial charge in [-0.3, -0.25) is 4.79 Å². The molecule has 0 spiro atoms. The Hall–Kier alpha value is -1.23. The molecule has 0 fully saturated rings. The van der Waals surface area contributed by atoms with Crippen molar-refractivity contribution in [2.75, 3.05) is 11.5 Å². The lowest BCUT2D eigenvalue weighted by Crippen LogP contribution is -2.19. The summed E-state index contributed by atoms with van der Waals surface area (Å²) in [6, 6.07) is 1.39. The number of hydrogen-bond acceptors (Lipinski definition) is 3. The number of carboxylic acids is 1. The molecule has 0 unspecified atom stereocenters. The van der Waals surface area contributed by atoms with Gasteiger partial charge in [0.05, 0.1) is 0 Å². The Labute approximate surface area is 105 Å². The molecule has 0 amide bonds. The fraction of sp³-hybridized carbons (Fsp3) is 0.500. The van der Waals surface area contributed by atoms with Gasteiger partial charge in [-0.15, -0.1) is 0 Å². The van der Waals surface area contributed by atoms with Gasteiger partial charge in [0.25, 0.3) is 0 Å². The van der Waals surface area contributed by atoms with Crippen LogP contribution >= 0.6 is 11.8 Å². The Kier molecular flexibility index (Phi) is 5.28. The van der Waals surface area contributed by atoms with Gasteiger partial charge in [0, 0.05) is 24.5 Å². The molecular formula is C12H17NO3S. The van der Waals surface area contributed by atoms with Crippen LogP contribution in [0.2, 0.25) is 0 Å². The number of thioether (sulfide) groups is 1. The number of aromatic nitrogens is 1. The maximum atomic E-state index is 11.4. The van der Waals surface area contributed by atoms with E-state index in [2.05, 4.69) is 6.92 Å². The summed E-state index contributed by atoms with van der Waals surface area (Å²) in [7, 11) is 0. The Morgan fingerprint density at radius 3 is 2.82 bits per heavy atom. The van der Waals surface area contributed by atoms with Crippen molar-refractivity contribution in [3.8, 4) is 0 Å². The minimum absolute atomic E-state index is 0.154. The molecule has 0 atom stereocenters. The molecule has 1 heterocycles. The zero-order valence-electron chi connectivity index (χ0n) is 10.1. The lowest BCUT2D eigenvalue weighted by atomic mass is 10.2. The van der Waals surface area contributed by atoms with E-state index >= 15 is 0 Å². The van der Waals surface area contributed by atoms with E-state index in [0.717, 1.165) is 30.2 Å². The van der Waals surface area contributed by atoms with Crippen molar-refractivity contribution < 1.29 is 9.90 Å². The summed E-state index contributed by atoms with van der Waals surface area (Å²) in [6.07, 6.45) is 2.41. The van der Waals surface area contributed by atoms with E-state index in [9.17, 15) is 9.59 Å². The summed E-state index contributed by atoms with van der Waals surface area (Å²) in [4.78, 5) is 22.3. The number of carboxylic acid groups (broad SMARTS) is 1. The van der Waals surface area contributed by atoms with Crippen LogP contribution in [-0.4, -0.2) is 27.1 Å². The number of aromatic carboxylic acids is 1. The first-order valence-electron chi connectivity index (χ1n) is 5.58. The van der Waals surface area contributed by atoms with E-state index in [-0.39, 0.29) is 5.56 Å². The third kappa shape index (κ3) is 3.93. The van der Waals surface area contributed by atoms with Gasteiger partial charge in [-0.05, 0) is 24.9 Å². The monoisotopic (exact) mass is 255 g/mol. The summed E-state index contributed by atoms with van der Waals surface area (Å²) in [5, 5.41) is 8.87. The normalized spacial score (nSPS) is 10.5. The van der Waals surface area contributed by atoms with Gasteiger partial charge >= 0.3 is 5.97 Å².